The standard InChI is InChI=1S/C14H11F2N3O2.C13H16F2O2Si.C10H8F2O2.C8H7F2IO2.C8H9F2NO2.C5H10Si.C4H4IN3.2CH4.Cs.FH/c1-20-10-5-11(21-2)13(16)9(12(10)15)4-3-8-6-18-14(17)19-7-8;1-16-10-8-11(17-2)13(15)9(12(10)14)6-7-18(3,4)5;1-4-6-9(11)7(13-2)5-8(14-3)10(6)12;2*1-12-4-3-5(13-2)7(10)8(11)6(4)9;1-5-6(2,3)4;5-3-1-7-4(6)8-2-3;;;;/h5-7H,1-2H3,(H2,17,18,19);8H,1-5H3;1,5H,2-3H3;3H,1-2H3;3H,11H2,1-2H3;1H,2-4H3;1-2H,(H2,6,7,8);2*1H4;;1H/q;;;;;;;;;+1;/p-1. The molecular formula is C64H73CsF11I2N7O10Si2. The largest absolute Gasteiger partial charge is 1.00 e. The number of aromatic nitrogens is 4. The molecule has 0 unspecified atom stereocenters. The van der Waals surface area contributed by atoms with Crippen molar-refractivity contribution in [3.05, 3.63) is 143 Å². The molecule has 0 saturated heterocycles. The molecule has 0 saturated carbocycles. The number of ether oxygens (including phenoxy) is 10. The maximum Gasteiger partial charge on any atom is 1.00 e. The molecular weight excluding hydrogens is 1680 g/mol. The van der Waals surface area contributed by atoms with E-state index < -0.39 is 91.1 Å². The van der Waals surface area contributed by atoms with Gasteiger partial charge in [0.25, 0.3) is 0 Å². The van der Waals surface area contributed by atoms with Gasteiger partial charge >= 0.3 is 68.9 Å². The summed E-state index contributed by atoms with van der Waals surface area (Å²) in [6, 6.07) is 5.66. The molecule has 7 rings (SSSR count). The second-order valence-corrected chi connectivity index (χ2v) is 31.1. The first-order valence-electron chi connectivity index (χ1n) is 25.8. The quantitative estimate of drug-likeness (QED) is 0.0292. The Morgan fingerprint density at radius 2 is 0.619 bits per heavy atom. The van der Waals surface area contributed by atoms with Gasteiger partial charge in [-0.2, -0.15) is 0 Å². The van der Waals surface area contributed by atoms with E-state index in [-0.39, 0.29) is 161 Å². The van der Waals surface area contributed by atoms with Crippen molar-refractivity contribution in [2.75, 3.05) is 88.3 Å². The Labute approximate surface area is 646 Å². The zero-order chi connectivity index (χ0) is 71.2. The van der Waals surface area contributed by atoms with Crippen molar-refractivity contribution >= 4 is 78.9 Å². The second-order valence-electron chi connectivity index (χ2n) is 19.3. The predicted octanol–water partition coefficient (Wildman–Crippen LogP) is 8.52. The average molecular weight is 1750 g/mol. The van der Waals surface area contributed by atoms with Crippen molar-refractivity contribution in [1.82, 2.24) is 19.9 Å². The summed E-state index contributed by atoms with van der Waals surface area (Å²) in [5, 5.41) is 0. The van der Waals surface area contributed by atoms with Crippen LogP contribution in [0.25, 0.3) is 0 Å². The van der Waals surface area contributed by atoms with Gasteiger partial charge in [-0.05, 0) is 45.2 Å². The number of methoxy groups -OCH3 is 10. The fourth-order valence-corrected chi connectivity index (χ4v) is 7.18. The molecule has 0 atom stereocenters. The van der Waals surface area contributed by atoms with Gasteiger partial charge < -0.3 is 69.3 Å². The molecule has 0 radical (unpaired) electrons. The van der Waals surface area contributed by atoms with E-state index >= 15 is 0 Å². The van der Waals surface area contributed by atoms with E-state index in [4.69, 9.17) is 58.5 Å². The van der Waals surface area contributed by atoms with Gasteiger partial charge in [0.1, 0.15) is 38.5 Å². The zero-order valence-corrected chi connectivity index (χ0v) is 67.0. The van der Waals surface area contributed by atoms with Gasteiger partial charge in [0.2, 0.25) is 11.9 Å². The van der Waals surface area contributed by atoms with Crippen molar-refractivity contribution in [2.45, 2.75) is 54.1 Å². The van der Waals surface area contributed by atoms with Crippen LogP contribution in [0.15, 0.2) is 55.1 Å². The summed E-state index contributed by atoms with van der Waals surface area (Å²) in [6.45, 7) is 12.4. The Kier molecular flexibility index (Phi) is 46.9. The van der Waals surface area contributed by atoms with Crippen molar-refractivity contribution in [3.8, 4) is 105 Å². The summed E-state index contributed by atoms with van der Waals surface area (Å²) in [5.74, 6) is 0.303. The zero-order valence-electron chi connectivity index (χ0n) is 54.4. The van der Waals surface area contributed by atoms with Gasteiger partial charge in [0.05, 0.1) is 80.2 Å². The molecule has 0 aliphatic carbocycles. The topological polar surface area (TPSA) is 222 Å². The summed E-state index contributed by atoms with van der Waals surface area (Å²) in [5.41, 5.74) is 19.9. The number of terminal acetylenes is 2. The number of rotatable bonds is 10. The summed E-state index contributed by atoms with van der Waals surface area (Å²) < 4.78 is 183. The summed E-state index contributed by atoms with van der Waals surface area (Å²) in [4.78, 5) is 14.9. The maximum atomic E-state index is 14.0. The fourth-order valence-electron chi connectivity index (χ4n) is 5.87. The first-order valence-corrected chi connectivity index (χ1v) is 35.0. The van der Waals surface area contributed by atoms with Gasteiger partial charge in [-0.25, -0.2) is 63.8 Å². The van der Waals surface area contributed by atoms with Crippen LogP contribution in [0.4, 0.5) is 61.5 Å². The van der Waals surface area contributed by atoms with E-state index in [1.54, 1.807) is 35.0 Å². The number of hydrogen-bond donors (Lipinski definition) is 3. The van der Waals surface area contributed by atoms with E-state index in [9.17, 15) is 43.9 Å². The molecule has 0 spiro atoms. The summed E-state index contributed by atoms with van der Waals surface area (Å²) in [7, 11) is 9.99. The van der Waals surface area contributed by atoms with Crippen molar-refractivity contribution in [2.24, 2.45) is 0 Å². The van der Waals surface area contributed by atoms with Crippen LogP contribution in [0.3, 0.4) is 0 Å². The number of benzene rings is 5. The van der Waals surface area contributed by atoms with E-state index in [2.05, 4.69) is 110 Å². The molecule has 7 aromatic rings. The molecule has 5 aromatic carbocycles. The third-order valence-corrected chi connectivity index (χ3v) is 13.9. The maximum absolute atomic E-state index is 14.0. The monoisotopic (exact) mass is 1750 g/mol. The molecule has 0 aliphatic heterocycles. The van der Waals surface area contributed by atoms with Crippen LogP contribution < -0.4 is 138 Å². The van der Waals surface area contributed by atoms with Crippen LogP contribution in [-0.4, -0.2) is 107 Å². The Hall–Kier alpha value is -6.92. The number of nitrogen functional groups attached to an aromatic ring is 3. The third-order valence-electron chi connectivity index (χ3n) is 10.6. The molecule has 0 aliphatic rings. The average Bonchev–Trinajstić information content (AvgIpc) is 0.850. The first-order chi connectivity index (χ1) is 43.6. The van der Waals surface area contributed by atoms with Crippen molar-refractivity contribution in [3.63, 3.8) is 0 Å². The predicted molar refractivity (Wildman–Crippen MR) is 370 cm³/mol. The van der Waals surface area contributed by atoms with E-state index in [0.29, 0.717) is 11.5 Å². The Balaban J connectivity index is -0.000000530. The van der Waals surface area contributed by atoms with E-state index in [0.717, 1.165) is 21.8 Å². The fraction of sp³-hybridized carbons (Fsp3) is 0.281. The van der Waals surface area contributed by atoms with Crippen LogP contribution in [0, 0.1) is 113 Å². The van der Waals surface area contributed by atoms with Crippen LogP contribution in [0.1, 0.15) is 37.1 Å². The van der Waals surface area contributed by atoms with E-state index in [1.165, 1.54) is 95.6 Å². The number of hydrogen-bond acceptors (Lipinski definition) is 17. The Morgan fingerprint density at radius 1 is 0.381 bits per heavy atom. The van der Waals surface area contributed by atoms with Gasteiger partial charge in [-0.3, -0.25) is 0 Å². The Bertz CT molecular complexity index is 3660. The molecule has 6 N–H and O–H groups in total. The third kappa shape index (κ3) is 30.4. The molecule has 2 aromatic heterocycles. The number of halogens is 13. The molecule has 0 fully saturated rings. The van der Waals surface area contributed by atoms with Crippen LogP contribution in [0.2, 0.25) is 39.3 Å². The molecule has 2 heterocycles. The minimum Gasteiger partial charge on any atom is -1.00 e. The second kappa shape index (κ2) is 47.1. The van der Waals surface area contributed by atoms with E-state index in [1.807, 2.05) is 25.6 Å². The Morgan fingerprint density at radius 3 is 0.856 bits per heavy atom. The normalized spacial score (nSPS) is 9.46. The number of nitrogens with zero attached hydrogens (tertiary/aromatic N) is 4. The van der Waals surface area contributed by atoms with Crippen molar-refractivity contribution in [1.29, 1.82) is 0 Å². The smallest absolute Gasteiger partial charge is 1.00 e. The van der Waals surface area contributed by atoms with Crippen LogP contribution >= 0.6 is 45.2 Å². The van der Waals surface area contributed by atoms with Gasteiger partial charge in [-0.1, -0.05) is 77.8 Å². The first kappa shape index (κ1) is 96.5. The van der Waals surface area contributed by atoms with Crippen molar-refractivity contribution < 1.29 is 165 Å². The minimum atomic E-state index is -1.72. The molecule has 17 nitrogen and oxygen atoms in total. The van der Waals surface area contributed by atoms with Crippen LogP contribution in [-0.2, 0) is 0 Å². The molecule has 0 amide bonds. The minimum absolute atomic E-state index is 0. The number of anilines is 3. The molecule has 33 heteroatoms. The van der Waals surface area contributed by atoms with Gasteiger partial charge in [-0.15, -0.1) is 23.9 Å². The molecule has 0 bridgehead atoms. The number of nitrogens with two attached hydrogens (primary N) is 3. The molecule has 524 valence electrons. The summed E-state index contributed by atoms with van der Waals surface area (Å²) in [6.07, 6.45) is 16.1. The van der Waals surface area contributed by atoms with Gasteiger partial charge in [0, 0.05) is 58.7 Å². The SMILES string of the molecule is C.C.C#C[Si](C)(C)C.C#Cc1c(F)c(OC)cc(OC)c1F.COc1cc(OC)c(F)c(C#C[Si](C)(C)C)c1F.COc1cc(OC)c(F)c(C#Cc2cnc(N)nc2)c1F.COc1cc(OC)c(F)c(I)c1F.COc1cc(OC)c(F)c(N)c1F.Nc1ncc(I)cn1.[Cs+].[F-]. The summed E-state index contributed by atoms with van der Waals surface area (Å²) >= 11 is 3.67. The van der Waals surface area contributed by atoms with Crippen LogP contribution in [0.5, 0.6) is 57.5 Å². The van der Waals surface area contributed by atoms with Gasteiger partial charge in [0.15, 0.2) is 116 Å². The molecule has 97 heavy (non-hydrogen) atoms.